The van der Waals surface area contributed by atoms with E-state index in [0.29, 0.717) is 5.75 Å². The van der Waals surface area contributed by atoms with E-state index < -0.39 is 5.91 Å². The molecule has 0 aliphatic carbocycles. The molecule has 0 radical (unpaired) electrons. The summed E-state index contributed by atoms with van der Waals surface area (Å²) in [6, 6.07) is 16.3. The number of ether oxygens (including phenoxy) is 1. The number of piperidine rings is 1. The third-order valence-electron chi connectivity index (χ3n) is 5.00. The van der Waals surface area contributed by atoms with E-state index >= 15 is 0 Å². The van der Waals surface area contributed by atoms with Gasteiger partial charge in [-0.15, -0.1) is 0 Å². The molecule has 0 unspecified atom stereocenters. The van der Waals surface area contributed by atoms with Crippen LogP contribution in [0.2, 0.25) is 0 Å². The predicted molar refractivity (Wildman–Crippen MR) is 104 cm³/mol. The minimum atomic E-state index is -0.471. The van der Waals surface area contributed by atoms with Crippen LogP contribution in [0.4, 0.5) is 0 Å². The highest BCUT2D eigenvalue weighted by Gasteiger charge is 2.26. The number of nitrogens with one attached hydrogen (secondary N) is 1. The van der Waals surface area contributed by atoms with Gasteiger partial charge in [0.1, 0.15) is 11.6 Å². The van der Waals surface area contributed by atoms with Crippen molar-refractivity contribution in [1.29, 1.82) is 0 Å². The Hall–Kier alpha value is -2.86. The Kier molecular flexibility index (Phi) is 5.07. The molecule has 1 fully saturated rings. The number of aromatic amines is 1. The molecule has 1 amide bonds. The summed E-state index contributed by atoms with van der Waals surface area (Å²) in [6.07, 6.45) is 3.49. The molecule has 1 aliphatic heterocycles. The van der Waals surface area contributed by atoms with Crippen molar-refractivity contribution < 1.29 is 9.53 Å². The highest BCUT2D eigenvalue weighted by molar-refractivity contribution is 5.75. The summed E-state index contributed by atoms with van der Waals surface area (Å²) in [6.45, 7) is 1.75. The van der Waals surface area contributed by atoms with Gasteiger partial charge in [-0.05, 0) is 49.2 Å². The number of hydrogen-bond donors (Lipinski definition) is 2. The van der Waals surface area contributed by atoms with Crippen LogP contribution in [0.1, 0.15) is 36.7 Å². The average Bonchev–Trinajstić information content (AvgIpc) is 3.11. The van der Waals surface area contributed by atoms with Gasteiger partial charge >= 0.3 is 0 Å². The van der Waals surface area contributed by atoms with Gasteiger partial charge in [0.15, 0.2) is 6.61 Å². The molecular formula is C21H24N4O2. The number of nitrogens with zero attached hydrogens (tertiary/aromatic N) is 2. The number of rotatable bonds is 6. The smallest absolute Gasteiger partial charge is 0.255 e. The van der Waals surface area contributed by atoms with Gasteiger partial charge in [0.2, 0.25) is 0 Å². The van der Waals surface area contributed by atoms with Crippen LogP contribution < -0.4 is 10.5 Å². The normalized spacial score (nSPS) is 17.9. The molecule has 0 bridgehead atoms. The average molecular weight is 364 g/mol. The summed E-state index contributed by atoms with van der Waals surface area (Å²) in [5.41, 5.74) is 8.41. The molecule has 1 saturated heterocycles. The minimum Gasteiger partial charge on any atom is -0.484 e. The number of amides is 1. The van der Waals surface area contributed by atoms with E-state index in [1.807, 2.05) is 36.4 Å². The zero-order valence-corrected chi connectivity index (χ0v) is 15.2. The van der Waals surface area contributed by atoms with Gasteiger partial charge in [-0.3, -0.25) is 9.69 Å². The summed E-state index contributed by atoms with van der Waals surface area (Å²) in [5, 5.41) is 0. The Morgan fingerprint density at radius 3 is 2.96 bits per heavy atom. The maximum absolute atomic E-state index is 10.9. The predicted octanol–water partition coefficient (Wildman–Crippen LogP) is 3.15. The van der Waals surface area contributed by atoms with Gasteiger partial charge in [-0.1, -0.05) is 30.7 Å². The fraction of sp³-hybridized carbons (Fsp3) is 0.333. The lowest BCUT2D eigenvalue weighted by atomic mass is 10.0. The van der Waals surface area contributed by atoms with Gasteiger partial charge in [-0.2, -0.15) is 0 Å². The largest absolute Gasteiger partial charge is 0.484 e. The third-order valence-corrected chi connectivity index (χ3v) is 5.00. The van der Waals surface area contributed by atoms with E-state index in [1.165, 1.54) is 12.8 Å². The standard InChI is InChI=1S/C21H24N4O2/c22-20(26)14-27-16-7-5-6-15(12-16)13-25-11-4-3-10-19(25)21-23-17-8-1-2-9-18(17)24-21/h1-2,5-9,12,19H,3-4,10-11,13-14H2,(H2,22,26)(H,23,24)/t19-/m1/s1. The highest BCUT2D eigenvalue weighted by Crippen LogP contribution is 2.32. The van der Waals surface area contributed by atoms with Crippen molar-refractivity contribution in [3.05, 3.63) is 59.9 Å². The monoisotopic (exact) mass is 364 g/mol. The minimum absolute atomic E-state index is 0.102. The Balaban J connectivity index is 1.52. The number of likely N-dealkylation sites (tertiary alicyclic amines) is 1. The number of hydrogen-bond acceptors (Lipinski definition) is 4. The summed E-state index contributed by atoms with van der Waals surface area (Å²) in [4.78, 5) is 21.7. The lowest BCUT2D eigenvalue weighted by molar-refractivity contribution is -0.119. The molecule has 4 rings (SSSR count). The topological polar surface area (TPSA) is 84.2 Å². The lowest BCUT2D eigenvalue weighted by Gasteiger charge is -2.34. The fourth-order valence-corrected chi connectivity index (χ4v) is 3.74. The molecule has 27 heavy (non-hydrogen) atoms. The van der Waals surface area contributed by atoms with Crippen LogP contribution in [-0.4, -0.2) is 33.9 Å². The van der Waals surface area contributed by atoms with Crippen LogP contribution in [0.15, 0.2) is 48.5 Å². The molecule has 3 aromatic rings. The number of carbonyl (C=O) groups is 1. The first-order chi connectivity index (χ1) is 13.2. The third kappa shape index (κ3) is 4.11. The number of primary amides is 1. The number of para-hydroxylation sites is 2. The van der Waals surface area contributed by atoms with E-state index in [-0.39, 0.29) is 12.6 Å². The van der Waals surface area contributed by atoms with Gasteiger partial charge in [0.05, 0.1) is 17.1 Å². The quantitative estimate of drug-likeness (QED) is 0.704. The van der Waals surface area contributed by atoms with Crippen molar-refractivity contribution in [3.8, 4) is 5.75 Å². The van der Waals surface area contributed by atoms with E-state index in [4.69, 9.17) is 15.5 Å². The molecule has 2 heterocycles. The Morgan fingerprint density at radius 2 is 2.11 bits per heavy atom. The number of nitrogens with two attached hydrogens (primary N) is 1. The molecule has 1 atom stereocenters. The first-order valence-electron chi connectivity index (χ1n) is 9.38. The second kappa shape index (κ2) is 7.80. The summed E-state index contributed by atoms with van der Waals surface area (Å²) in [7, 11) is 0. The van der Waals surface area contributed by atoms with Crippen LogP contribution in [0.25, 0.3) is 11.0 Å². The lowest BCUT2D eigenvalue weighted by Crippen LogP contribution is -2.33. The van der Waals surface area contributed by atoms with Crippen molar-refractivity contribution >= 4 is 16.9 Å². The van der Waals surface area contributed by atoms with Crippen molar-refractivity contribution in [2.45, 2.75) is 31.8 Å². The molecule has 0 saturated carbocycles. The number of aromatic nitrogens is 2. The Bertz CT molecular complexity index is 904. The number of imidazole rings is 1. The van der Waals surface area contributed by atoms with Crippen LogP contribution in [0.3, 0.4) is 0 Å². The van der Waals surface area contributed by atoms with Gasteiger partial charge < -0.3 is 15.5 Å². The number of fused-ring (bicyclic) bond motifs is 1. The Labute approximate surface area is 158 Å². The molecule has 6 nitrogen and oxygen atoms in total. The maximum Gasteiger partial charge on any atom is 0.255 e. The second-order valence-corrected chi connectivity index (χ2v) is 7.02. The summed E-state index contributed by atoms with van der Waals surface area (Å²) >= 11 is 0. The first-order valence-corrected chi connectivity index (χ1v) is 9.38. The zero-order chi connectivity index (χ0) is 18.6. The Morgan fingerprint density at radius 1 is 1.22 bits per heavy atom. The van der Waals surface area contributed by atoms with E-state index in [2.05, 4.69) is 22.0 Å². The molecule has 2 aromatic carbocycles. The number of carbonyl (C=O) groups excluding carboxylic acids is 1. The molecular weight excluding hydrogens is 340 g/mol. The molecule has 140 valence electrons. The highest BCUT2D eigenvalue weighted by atomic mass is 16.5. The summed E-state index contributed by atoms with van der Waals surface area (Å²) < 4.78 is 5.44. The van der Waals surface area contributed by atoms with E-state index in [9.17, 15) is 4.79 Å². The zero-order valence-electron chi connectivity index (χ0n) is 15.2. The first kappa shape index (κ1) is 17.5. The molecule has 1 aromatic heterocycles. The van der Waals surface area contributed by atoms with Crippen molar-refractivity contribution in [3.63, 3.8) is 0 Å². The van der Waals surface area contributed by atoms with Gasteiger partial charge in [-0.25, -0.2) is 4.98 Å². The van der Waals surface area contributed by atoms with Gasteiger partial charge in [0, 0.05) is 6.54 Å². The maximum atomic E-state index is 10.9. The van der Waals surface area contributed by atoms with Crippen LogP contribution in [0, 0.1) is 0 Å². The van der Waals surface area contributed by atoms with Crippen LogP contribution in [-0.2, 0) is 11.3 Å². The van der Waals surface area contributed by atoms with Crippen molar-refractivity contribution in [2.24, 2.45) is 5.73 Å². The van der Waals surface area contributed by atoms with E-state index in [0.717, 1.165) is 41.9 Å². The van der Waals surface area contributed by atoms with Crippen molar-refractivity contribution in [1.82, 2.24) is 14.9 Å². The van der Waals surface area contributed by atoms with Crippen molar-refractivity contribution in [2.75, 3.05) is 13.2 Å². The molecule has 6 heteroatoms. The molecule has 0 spiro atoms. The summed E-state index contributed by atoms with van der Waals surface area (Å²) in [5.74, 6) is 1.24. The number of H-pyrrole nitrogens is 1. The van der Waals surface area contributed by atoms with Crippen LogP contribution in [0.5, 0.6) is 5.75 Å². The molecule has 1 aliphatic rings. The fourth-order valence-electron chi connectivity index (χ4n) is 3.74. The second-order valence-electron chi connectivity index (χ2n) is 7.02. The van der Waals surface area contributed by atoms with Gasteiger partial charge in [0.25, 0.3) is 5.91 Å². The van der Waals surface area contributed by atoms with E-state index in [1.54, 1.807) is 0 Å². The number of benzene rings is 2. The SMILES string of the molecule is NC(=O)COc1cccc(CN2CCCC[C@@H]2c2nc3ccccc3[nH]2)c1. The molecule has 3 N–H and O–H groups in total. The van der Waals surface area contributed by atoms with Crippen LogP contribution >= 0.6 is 0 Å².